The molecule has 0 bridgehead atoms. The molecular formula is C14H18BrFN2O. The van der Waals surface area contributed by atoms with Crippen molar-refractivity contribution in [2.45, 2.75) is 26.2 Å². The second-order valence-electron chi connectivity index (χ2n) is 5.35. The summed E-state index contributed by atoms with van der Waals surface area (Å²) in [7, 11) is 0. The summed E-state index contributed by atoms with van der Waals surface area (Å²) in [5.41, 5.74) is 5.86. The summed E-state index contributed by atoms with van der Waals surface area (Å²) in [6, 6.07) is 2.59. The van der Waals surface area contributed by atoms with E-state index in [-0.39, 0.29) is 11.6 Å². The Hall–Kier alpha value is -1.10. The van der Waals surface area contributed by atoms with Crippen LogP contribution in [0.1, 0.15) is 36.5 Å². The van der Waals surface area contributed by atoms with E-state index in [4.69, 9.17) is 5.73 Å². The van der Waals surface area contributed by atoms with Crippen molar-refractivity contribution in [2.24, 2.45) is 11.8 Å². The van der Waals surface area contributed by atoms with Gasteiger partial charge in [-0.3, -0.25) is 4.79 Å². The average molecular weight is 329 g/mol. The van der Waals surface area contributed by atoms with Gasteiger partial charge in [0.05, 0.1) is 11.3 Å². The van der Waals surface area contributed by atoms with Crippen LogP contribution in [0.5, 0.6) is 0 Å². The van der Waals surface area contributed by atoms with Gasteiger partial charge in [-0.15, -0.1) is 0 Å². The maximum atomic E-state index is 13.2. The Morgan fingerprint density at radius 1 is 1.53 bits per heavy atom. The topological polar surface area (TPSA) is 55.1 Å². The van der Waals surface area contributed by atoms with E-state index >= 15 is 0 Å². The molecule has 2 rings (SSSR count). The zero-order valence-corrected chi connectivity index (χ0v) is 12.5. The molecule has 1 amide bonds. The van der Waals surface area contributed by atoms with Crippen LogP contribution in [0.4, 0.5) is 10.1 Å². The fraction of sp³-hybridized carbons (Fsp3) is 0.500. The number of carbonyl (C=O) groups is 1. The van der Waals surface area contributed by atoms with E-state index < -0.39 is 5.82 Å². The van der Waals surface area contributed by atoms with Gasteiger partial charge in [-0.1, -0.05) is 13.3 Å². The average Bonchev–Trinajstić information content (AvgIpc) is 2.77. The van der Waals surface area contributed by atoms with Crippen molar-refractivity contribution in [1.29, 1.82) is 0 Å². The summed E-state index contributed by atoms with van der Waals surface area (Å²) >= 11 is 3.19. The highest BCUT2D eigenvalue weighted by molar-refractivity contribution is 9.10. The first-order valence-corrected chi connectivity index (χ1v) is 7.29. The number of nitrogens with two attached hydrogens (primary N) is 1. The van der Waals surface area contributed by atoms with Crippen molar-refractivity contribution in [3.05, 3.63) is 28.0 Å². The lowest BCUT2D eigenvalue weighted by Gasteiger charge is -2.12. The molecule has 1 aromatic rings. The molecule has 2 atom stereocenters. The number of nitrogen functional groups attached to an aromatic ring is 1. The van der Waals surface area contributed by atoms with Crippen LogP contribution < -0.4 is 11.1 Å². The van der Waals surface area contributed by atoms with Crippen molar-refractivity contribution in [3.8, 4) is 0 Å². The lowest BCUT2D eigenvalue weighted by molar-refractivity contribution is 0.0946. The van der Waals surface area contributed by atoms with Gasteiger partial charge >= 0.3 is 0 Å². The van der Waals surface area contributed by atoms with Gasteiger partial charge < -0.3 is 11.1 Å². The second-order valence-corrected chi connectivity index (χ2v) is 6.20. The molecule has 0 aromatic heterocycles. The van der Waals surface area contributed by atoms with Gasteiger partial charge in [0.25, 0.3) is 5.91 Å². The molecule has 3 nitrogen and oxygen atoms in total. The van der Waals surface area contributed by atoms with Gasteiger partial charge in [-0.05, 0) is 52.7 Å². The van der Waals surface area contributed by atoms with Crippen LogP contribution in [-0.2, 0) is 0 Å². The van der Waals surface area contributed by atoms with Gasteiger partial charge in [0.1, 0.15) is 5.82 Å². The highest BCUT2D eigenvalue weighted by Gasteiger charge is 2.22. The van der Waals surface area contributed by atoms with E-state index in [1.165, 1.54) is 18.6 Å². The van der Waals surface area contributed by atoms with Gasteiger partial charge in [-0.25, -0.2) is 4.39 Å². The number of amides is 1. The monoisotopic (exact) mass is 328 g/mol. The Balaban J connectivity index is 1.98. The lowest BCUT2D eigenvalue weighted by Crippen LogP contribution is -2.28. The predicted octanol–water partition coefficient (Wildman–Crippen LogP) is 3.34. The van der Waals surface area contributed by atoms with Crippen LogP contribution in [0.2, 0.25) is 0 Å². The van der Waals surface area contributed by atoms with E-state index in [1.54, 1.807) is 0 Å². The third kappa shape index (κ3) is 3.47. The Morgan fingerprint density at radius 2 is 2.26 bits per heavy atom. The van der Waals surface area contributed by atoms with Crippen LogP contribution in [0, 0.1) is 17.7 Å². The molecule has 0 aliphatic heterocycles. The molecule has 1 aromatic carbocycles. The zero-order chi connectivity index (χ0) is 14.0. The number of benzene rings is 1. The number of hydrogen-bond donors (Lipinski definition) is 2. The number of anilines is 1. The van der Waals surface area contributed by atoms with E-state index in [2.05, 4.69) is 28.2 Å². The van der Waals surface area contributed by atoms with E-state index in [1.807, 2.05) is 0 Å². The molecule has 3 N–H and O–H groups in total. The quantitative estimate of drug-likeness (QED) is 0.836. The number of hydrogen-bond acceptors (Lipinski definition) is 2. The van der Waals surface area contributed by atoms with Gasteiger partial charge in [-0.2, -0.15) is 0 Å². The SMILES string of the molecule is CC1CCC(CNC(=O)c2cc(N)c(F)cc2Br)C1. The Bertz CT molecular complexity index is 493. The van der Waals surface area contributed by atoms with Crippen LogP contribution >= 0.6 is 15.9 Å². The van der Waals surface area contributed by atoms with Crippen LogP contribution in [-0.4, -0.2) is 12.5 Å². The molecule has 1 saturated carbocycles. The largest absolute Gasteiger partial charge is 0.396 e. The Labute approximate surface area is 120 Å². The molecule has 5 heteroatoms. The lowest BCUT2D eigenvalue weighted by atomic mass is 10.1. The predicted molar refractivity (Wildman–Crippen MR) is 77.4 cm³/mol. The minimum Gasteiger partial charge on any atom is -0.396 e. The molecule has 0 radical (unpaired) electrons. The summed E-state index contributed by atoms with van der Waals surface area (Å²) < 4.78 is 13.6. The molecule has 104 valence electrons. The Kier molecular flexibility index (Phi) is 4.45. The van der Waals surface area contributed by atoms with E-state index in [0.29, 0.717) is 22.5 Å². The standard InChI is InChI=1S/C14H18BrFN2O/c1-8-2-3-9(4-8)7-18-14(19)10-5-13(17)12(16)6-11(10)15/h5-6,8-9H,2-4,7,17H2,1H3,(H,18,19). The van der Waals surface area contributed by atoms with Crippen LogP contribution in [0.25, 0.3) is 0 Å². The van der Waals surface area contributed by atoms with Crippen molar-refractivity contribution in [3.63, 3.8) is 0 Å². The highest BCUT2D eigenvalue weighted by atomic mass is 79.9. The first-order valence-electron chi connectivity index (χ1n) is 6.50. The molecule has 19 heavy (non-hydrogen) atoms. The van der Waals surface area contributed by atoms with Gasteiger partial charge in [0.15, 0.2) is 0 Å². The van der Waals surface area contributed by atoms with Gasteiger partial charge in [0.2, 0.25) is 0 Å². The summed E-state index contributed by atoms with van der Waals surface area (Å²) in [5, 5.41) is 2.90. The van der Waals surface area contributed by atoms with Crippen LogP contribution in [0.15, 0.2) is 16.6 Å². The number of halogens is 2. The summed E-state index contributed by atoms with van der Waals surface area (Å²) in [4.78, 5) is 12.0. The minimum atomic E-state index is -0.520. The van der Waals surface area contributed by atoms with Crippen molar-refractivity contribution >= 4 is 27.5 Å². The van der Waals surface area contributed by atoms with Gasteiger partial charge in [0, 0.05) is 11.0 Å². The van der Waals surface area contributed by atoms with E-state index in [9.17, 15) is 9.18 Å². The third-order valence-electron chi connectivity index (χ3n) is 3.69. The number of nitrogens with one attached hydrogen (secondary N) is 1. The normalized spacial score (nSPS) is 22.5. The maximum Gasteiger partial charge on any atom is 0.252 e. The molecule has 1 aliphatic rings. The summed E-state index contributed by atoms with van der Waals surface area (Å²) in [5.74, 6) is 0.566. The smallest absolute Gasteiger partial charge is 0.252 e. The Morgan fingerprint density at radius 3 is 2.89 bits per heavy atom. The maximum absolute atomic E-state index is 13.2. The molecule has 1 fully saturated rings. The summed E-state index contributed by atoms with van der Waals surface area (Å²) in [6.45, 7) is 2.91. The number of rotatable bonds is 3. The molecular weight excluding hydrogens is 311 g/mol. The van der Waals surface area contributed by atoms with Crippen molar-refractivity contribution in [1.82, 2.24) is 5.32 Å². The number of carbonyl (C=O) groups excluding carboxylic acids is 1. The third-order valence-corrected chi connectivity index (χ3v) is 4.34. The van der Waals surface area contributed by atoms with Crippen molar-refractivity contribution < 1.29 is 9.18 Å². The fourth-order valence-corrected chi connectivity index (χ4v) is 3.08. The molecule has 0 spiro atoms. The molecule has 2 unspecified atom stereocenters. The first kappa shape index (κ1) is 14.3. The fourth-order valence-electron chi connectivity index (χ4n) is 2.58. The minimum absolute atomic E-state index is 0.0113. The van der Waals surface area contributed by atoms with Crippen LogP contribution in [0.3, 0.4) is 0 Å². The summed E-state index contributed by atoms with van der Waals surface area (Å²) in [6.07, 6.45) is 3.55. The zero-order valence-electron chi connectivity index (χ0n) is 10.9. The molecule has 0 heterocycles. The van der Waals surface area contributed by atoms with E-state index in [0.717, 1.165) is 18.8 Å². The second kappa shape index (κ2) is 5.90. The molecule has 0 saturated heterocycles. The van der Waals surface area contributed by atoms with Crippen molar-refractivity contribution in [2.75, 3.05) is 12.3 Å². The highest BCUT2D eigenvalue weighted by Crippen LogP contribution is 2.30. The molecule has 1 aliphatic carbocycles. The first-order chi connectivity index (χ1) is 8.97.